The molecule has 0 aliphatic carbocycles. The summed E-state index contributed by atoms with van der Waals surface area (Å²) in [7, 11) is 0. The van der Waals surface area contributed by atoms with Crippen LogP contribution in [0.25, 0.3) is 0 Å². The van der Waals surface area contributed by atoms with Crippen molar-refractivity contribution in [2.24, 2.45) is 11.7 Å². The average Bonchev–Trinajstić information content (AvgIpc) is 2.18. The van der Waals surface area contributed by atoms with Crippen LogP contribution >= 0.6 is 0 Å². The van der Waals surface area contributed by atoms with E-state index in [1.54, 1.807) is 6.20 Å². The van der Waals surface area contributed by atoms with Crippen molar-refractivity contribution in [2.75, 3.05) is 18.4 Å². The van der Waals surface area contributed by atoms with Gasteiger partial charge in [0.1, 0.15) is 11.6 Å². The number of aromatic nitrogens is 2. The molecule has 0 saturated heterocycles. The van der Waals surface area contributed by atoms with Crippen LogP contribution in [0, 0.1) is 5.92 Å². The number of hydrogen-bond acceptors (Lipinski definition) is 4. The van der Waals surface area contributed by atoms with Crippen LogP contribution in [0.15, 0.2) is 12.3 Å². The highest BCUT2D eigenvalue weighted by molar-refractivity contribution is 5.32. The Balaban J connectivity index is 2.43. The van der Waals surface area contributed by atoms with Gasteiger partial charge in [-0.05, 0) is 24.9 Å². The van der Waals surface area contributed by atoms with E-state index in [-0.39, 0.29) is 0 Å². The van der Waals surface area contributed by atoms with Gasteiger partial charge < -0.3 is 11.1 Å². The number of anilines is 1. The minimum atomic E-state index is 0.593. The Labute approximate surface area is 91.3 Å². The van der Waals surface area contributed by atoms with Crippen LogP contribution in [-0.4, -0.2) is 23.1 Å². The summed E-state index contributed by atoms with van der Waals surface area (Å²) in [6.07, 6.45) is 3.66. The third-order valence-corrected chi connectivity index (χ3v) is 2.10. The summed E-state index contributed by atoms with van der Waals surface area (Å²) in [5.74, 6) is 2.42. The molecule has 3 N–H and O–H groups in total. The number of hydrogen-bond donors (Lipinski definition) is 2. The van der Waals surface area contributed by atoms with E-state index in [4.69, 9.17) is 5.73 Å². The Kier molecular flexibility index (Phi) is 5.04. The van der Waals surface area contributed by atoms with Crippen LogP contribution in [0.3, 0.4) is 0 Å². The van der Waals surface area contributed by atoms with Gasteiger partial charge in [0.05, 0.1) is 0 Å². The monoisotopic (exact) mass is 208 g/mol. The molecule has 0 aromatic carbocycles. The molecule has 0 atom stereocenters. The minimum Gasteiger partial charge on any atom is -0.370 e. The first kappa shape index (κ1) is 11.9. The molecule has 1 aromatic heterocycles. The Morgan fingerprint density at radius 3 is 2.93 bits per heavy atom. The van der Waals surface area contributed by atoms with E-state index in [1.165, 1.54) is 0 Å². The molecule has 0 aliphatic heterocycles. The van der Waals surface area contributed by atoms with Crippen molar-refractivity contribution in [2.45, 2.75) is 26.7 Å². The molecule has 0 saturated carbocycles. The highest BCUT2D eigenvalue weighted by Gasteiger charge is 1.98. The van der Waals surface area contributed by atoms with E-state index in [2.05, 4.69) is 29.1 Å². The molecule has 0 spiro atoms. The lowest BCUT2D eigenvalue weighted by Crippen LogP contribution is -2.10. The van der Waals surface area contributed by atoms with Crippen molar-refractivity contribution in [3.05, 3.63) is 18.1 Å². The zero-order valence-corrected chi connectivity index (χ0v) is 9.53. The van der Waals surface area contributed by atoms with E-state index in [1.807, 2.05) is 6.07 Å². The summed E-state index contributed by atoms with van der Waals surface area (Å²) < 4.78 is 0. The van der Waals surface area contributed by atoms with Crippen LogP contribution in [0.5, 0.6) is 0 Å². The maximum atomic E-state index is 5.45. The molecule has 84 valence electrons. The first-order chi connectivity index (χ1) is 7.22. The van der Waals surface area contributed by atoms with Crippen LogP contribution in [0.4, 0.5) is 5.82 Å². The molecule has 0 amide bonds. The predicted molar refractivity (Wildman–Crippen MR) is 62.7 cm³/mol. The van der Waals surface area contributed by atoms with Crippen molar-refractivity contribution in [3.8, 4) is 0 Å². The van der Waals surface area contributed by atoms with Gasteiger partial charge >= 0.3 is 0 Å². The highest BCUT2D eigenvalue weighted by Crippen LogP contribution is 2.04. The minimum absolute atomic E-state index is 0.593. The lowest BCUT2D eigenvalue weighted by Gasteiger charge is -2.08. The quantitative estimate of drug-likeness (QED) is 0.742. The van der Waals surface area contributed by atoms with E-state index in [0.717, 1.165) is 31.0 Å². The number of nitrogens with two attached hydrogens (primary N) is 1. The molecular weight excluding hydrogens is 188 g/mol. The second-order valence-corrected chi connectivity index (χ2v) is 4.01. The normalized spacial score (nSPS) is 10.7. The number of nitrogens with one attached hydrogen (secondary N) is 1. The predicted octanol–water partition coefficient (Wildman–Crippen LogP) is 1.44. The molecule has 0 radical (unpaired) electrons. The average molecular weight is 208 g/mol. The van der Waals surface area contributed by atoms with Crippen molar-refractivity contribution in [1.82, 2.24) is 9.97 Å². The van der Waals surface area contributed by atoms with E-state index < -0.39 is 0 Å². The van der Waals surface area contributed by atoms with Gasteiger partial charge in [-0.3, -0.25) is 0 Å². The largest absolute Gasteiger partial charge is 0.370 e. The summed E-state index contributed by atoms with van der Waals surface area (Å²) in [4.78, 5) is 8.50. The molecule has 1 rings (SSSR count). The molecule has 1 heterocycles. The molecule has 0 fully saturated rings. The van der Waals surface area contributed by atoms with Gasteiger partial charge in [-0.25, -0.2) is 9.97 Å². The van der Waals surface area contributed by atoms with Crippen molar-refractivity contribution in [3.63, 3.8) is 0 Å². The van der Waals surface area contributed by atoms with Crippen LogP contribution < -0.4 is 11.1 Å². The fourth-order valence-electron chi connectivity index (χ4n) is 1.24. The Hall–Kier alpha value is -1.16. The van der Waals surface area contributed by atoms with Gasteiger partial charge in [0.15, 0.2) is 0 Å². The molecule has 1 aromatic rings. The molecule has 4 heteroatoms. The van der Waals surface area contributed by atoms with Gasteiger partial charge in [0, 0.05) is 19.2 Å². The Morgan fingerprint density at radius 2 is 2.27 bits per heavy atom. The molecule has 0 unspecified atom stereocenters. The van der Waals surface area contributed by atoms with Crippen molar-refractivity contribution in [1.29, 1.82) is 0 Å². The first-order valence-corrected chi connectivity index (χ1v) is 5.48. The Morgan fingerprint density at radius 1 is 1.47 bits per heavy atom. The number of nitrogens with zero attached hydrogens (tertiary/aromatic N) is 2. The lowest BCUT2D eigenvalue weighted by atomic mass is 10.1. The lowest BCUT2D eigenvalue weighted by molar-refractivity contribution is 0.606. The first-order valence-electron chi connectivity index (χ1n) is 5.48. The van der Waals surface area contributed by atoms with E-state index in [0.29, 0.717) is 12.5 Å². The Bertz CT molecular complexity index is 286. The SMILES string of the molecule is CC(C)CCNc1ccnc(CCN)n1. The fraction of sp³-hybridized carbons (Fsp3) is 0.636. The number of rotatable bonds is 6. The van der Waals surface area contributed by atoms with Gasteiger partial charge in [-0.15, -0.1) is 0 Å². The second kappa shape index (κ2) is 6.35. The summed E-state index contributed by atoms with van der Waals surface area (Å²) in [6, 6.07) is 1.89. The van der Waals surface area contributed by atoms with Crippen molar-refractivity contribution >= 4 is 5.82 Å². The van der Waals surface area contributed by atoms with E-state index in [9.17, 15) is 0 Å². The maximum Gasteiger partial charge on any atom is 0.131 e. The smallest absolute Gasteiger partial charge is 0.131 e. The highest BCUT2D eigenvalue weighted by atomic mass is 15.0. The summed E-state index contributed by atoms with van der Waals surface area (Å²) in [5, 5.41) is 3.28. The second-order valence-electron chi connectivity index (χ2n) is 4.01. The fourth-order valence-corrected chi connectivity index (χ4v) is 1.24. The van der Waals surface area contributed by atoms with Gasteiger partial charge in [0.2, 0.25) is 0 Å². The zero-order chi connectivity index (χ0) is 11.1. The van der Waals surface area contributed by atoms with Crippen molar-refractivity contribution < 1.29 is 0 Å². The topological polar surface area (TPSA) is 63.8 Å². The van der Waals surface area contributed by atoms with Gasteiger partial charge in [0.25, 0.3) is 0 Å². The summed E-state index contributed by atoms with van der Waals surface area (Å²) in [5.41, 5.74) is 5.45. The van der Waals surface area contributed by atoms with Gasteiger partial charge in [-0.1, -0.05) is 13.8 Å². The zero-order valence-electron chi connectivity index (χ0n) is 9.53. The third kappa shape index (κ3) is 4.74. The summed E-state index contributed by atoms with van der Waals surface area (Å²) >= 11 is 0. The molecule has 15 heavy (non-hydrogen) atoms. The molecule has 0 aliphatic rings. The van der Waals surface area contributed by atoms with Crippen LogP contribution in [0.1, 0.15) is 26.1 Å². The summed E-state index contributed by atoms with van der Waals surface area (Å²) in [6.45, 7) is 5.97. The van der Waals surface area contributed by atoms with Crippen LogP contribution in [0.2, 0.25) is 0 Å². The molecular formula is C11H20N4. The van der Waals surface area contributed by atoms with E-state index >= 15 is 0 Å². The standard InChI is InChI=1S/C11H20N4/c1-9(2)4-7-13-11-5-8-14-10(15-11)3-6-12/h5,8-9H,3-4,6-7,12H2,1-2H3,(H,13,14,15). The third-order valence-electron chi connectivity index (χ3n) is 2.10. The molecule has 4 nitrogen and oxygen atoms in total. The molecule has 0 bridgehead atoms. The van der Waals surface area contributed by atoms with Crippen LogP contribution in [-0.2, 0) is 6.42 Å². The van der Waals surface area contributed by atoms with Gasteiger partial charge in [-0.2, -0.15) is 0 Å². The maximum absolute atomic E-state index is 5.45.